The summed E-state index contributed by atoms with van der Waals surface area (Å²) < 4.78 is 5.07. The number of carbonyl (C=O) groups excluding carboxylic acids is 2. The van der Waals surface area contributed by atoms with Crippen molar-refractivity contribution in [1.82, 2.24) is 0 Å². The molecule has 2 amide bonds. The highest BCUT2D eigenvalue weighted by Crippen LogP contribution is 2.29. The molecule has 1 atom stereocenters. The third-order valence-electron chi connectivity index (χ3n) is 3.27. The third kappa shape index (κ3) is 3.54. The highest BCUT2D eigenvalue weighted by Gasteiger charge is 2.40. The Hall–Kier alpha value is -2.87. The average molecular weight is 342 g/mol. The van der Waals surface area contributed by atoms with E-state index in [1.807, 2.05) is 6.07 Å². The molecule has 0 aliphatic carbocycles. The van der Waals surface area contributed by atoms with Gasteiger partial charge < -0.3 is 10.2 Å². The van der Waals surface area contributed by atoms with E-state index in [9.17, 15) is 9.59 Å². The number of amidine groups is 1. The van der Waals surface area contributed by atoms with E-state index in [1.54, 1.807) is 36.4 Å². The van der Waals surface area contributed by atoms with Gasteiger partial charge in [0.25, 0.3) is 0 Å². The highest BCUT2D eigenvalue weighted by atomic mass is 32.2. The second-order valence-corrected chi connectivity index (χ2v) is 6.13. The van der Waals surface area contributed by atoms with E-state index in [0.29, 0.717) is 11.4 Å². The topological polar surface area (TPSA) is 101 Å². The fourth-order valence-electron chi connectivity index (χ4n) is 2.22. The van der Waals surface area contributed by atoms with Crippen molar-refractivity contribution in [2.45, 2.75) is 11.7 Å². The lowest BCUT2D eigenvalue weighted by Gasteiger charge is -2.14. The summed E-state index contributed by atoms with van der Waals surface area (Å²) in [6.07, 6.45) is 3.01. The number of hydrogen-bond donors (Lipinski definition) is 1. The number of rotatable bonds is 4. The lowest BCUT2D eigenvalue weighted by molar-refractivity contribution is -0.121. The van der Waals surface area contributed by atoms with Crippen molar-refractivity contribution in [2.75, 3.05) is 4.90 Å². The number of anilines is 1. The Morgan fingerprint density at radius 2 is 2.04 bits per heavy atom. The van der Waals surface area contributed by atoms with Crippen LogP contribution in [0.1, 0.15) is 12.2 Å². The molecule has 122 valence electrons. The molecular weight excluding hydrogens is 328 g/mol. The van der Waals surface area contributed by atoms with Crippen LogP contribution in [0.5, 0.6) is 0 Å². The molecule has 2 aromatic rings. The summed E-state index contributed by atoms with van der Waals surface area (Å²) in [5.74, 6) is -0.0149. The van der Waals surface area contributed by atoms with E-state index in [4.69, 9.17) is 10.2 Å². The first-order valence-electron chi connectivity index (χ1n) is 7.13. The molecule has 0 unspecified atom stereocenters. The van der Waals surface area contributed by atoms with Crippen LogP contribution in [-0.2, 0) is 9.59 Å². The Bertz CT molecular complexity index is 787. The molecule has 1 saturated heterocycles. The fourth-order valence-corrected chi connectivity index (χ4v) is 3.04. The summed E-state index contributed by atoms with van der Waals surface area (Å²) in [4.78, 5) is 25.7. The van der Waals surface area contributed by atoms with Crippen LogP contribution in [0.15, 0.2) is 63.3 Å². The number of nitrogens with two attached hydrogens (primary N) is 1. The number of para-hydroxylation sites is 1. The van der Waals surface area contributed by atoms with Gasteiger partial charge in [0.1, 0.15) is 11.0 Å². The van der Waals surface area contributed by atoms with Gasteiger partial charge in [0, 0.05) is 6.42 Å². The normalized spacial score (nSPS) is 18.8. The molecule has 1 aromatic carbocycles. The van der Waals surface area contributed by atoms with Gasteiger partial charge in [-0.25, -0.2) is 4.90 Å². The van der Waals surface area contributed by atoms with E-state index in [0.717, 1.165) is 11.8 Å². The zero-order chi connectivity index (χ0) is 16.9. The molecule has 24 heavy (non-hydrogen) atoms. The molecular formula is C16H14N4O3S. The number of thioether (sulfide) groups is 1. The first-order valence-corrected chi connectivity index (χ1v) is 8.01. The zero-order valence-electron chi connectivity index (χ0n) is 12.5. The van der Waals surface area contributed by atoms with Gasteiger partial charge in [0.05, 0.1) is 18.2 Å². The van der Waals surface area contributed by atoms with E-state index < -0.39 is 5.25 Å². The largest absolute Gasteiger partial charge is 0.463 e. The molecule has 1 aliphatic rings. The van der Waals surface area contributed by atoms with Gasteiger partial charge in [-0.15, -0.1) is 5.10 Å². The van der Waals surface area contributed by atoms with E-state index in [2.05, 4.69) is 10.2 Å². The molecule has 8 heteroatoms. The molecule has 2 N–H and O–H groups in total. The number of hydrogen-bond acceptors (Lipinski definition) is 6. The first-order chi connectivity index (χ1) is 11.6. The van der Waals surface area contributed by atoms with E-state index in [-0.39, 0.29) is 23.4 Å². The summed E-state index contributed by atoms with van der Waals surface area (Å²) in [6.45, 7) is 0. The van der Waals surface area contributed by atoms with Crippen molar-refractivity contribution in [1.29, 1.82) is 0 Å². The molecule has 2 heterocycles. The molecule has 3 rings (SSSR count). The molecule has 0 radical (unpaired) electrons. The Balaban J connectivity index is 1.65. The van der Waals surface area contributed by atoms with Gasteiger partial charge in [-0.2, -0.15) is 5.10 Å². The van der Waals surface area contributed by atoms with Crippen LogP contribution in [0, 0.1) is 0 Å². The summed E-state index contributed by atoms with van der Waals surface area (Å²) in [5, 5.41) is 7.11. The minimum absolute atomic E-state index is 0.0799. The lowest BCUT2D eigenvalue weighted by Crippen LogP contribution is -2.31. The Morgan fingerprint density at radius 3 is 2.75 bits per heavy atom. The average Bonchev–Trinajstić information content (AvgIpc) is 3.17. The quantitative estimate of drug-likeness (QED) is 0.396. The lowest BCUT2D eigenvalue weighted by atomic mass is 10.3. The molecule has 1 fully saturated rings. The number of amides is 2. The second-order valence-electron chi connectivity index (χ2n) is 4.91. The summed E-state index contributed by atoms with van der Waals surface area (Å²) in [6, 6.07) is 12.2. The smallest absolute Gasteiger partial charge is 0.247 e. The molecule has 7 nitrogen and oxygen atoms in total. The number of imide groups is 1. The second kappa shape index (κ2) is 7.14. The number of benzene rings is 1. The Labute approximate surface area is 142 Å². The highest BCUT2D eigenvalue weighted by molar-refractivity contribution is 8.14. The predicted octanol–water partition coefficient (Wildman–Crippen LogP) is 1.99. The van der Waals surface area contributed by atoms with E-state index >= 15 is 0 Å². The van der Waals surface area contributed by atoms with Gasteiger partial charge in [0.15, 0.2) is 5.17 Å². The SMILES string of the molecule is NC(=NN=Cc1ccco1)S[C@@H]1CC(=O)N(c2ccccc2)C1=O. The molecule has 0 bridgehead atoms. The zero-order valence-corrected chi connectivity index (χ0v) is 13.3. The molecule has 0 saturated carbocycles. The maximum atomic E-state index is 12.4. The molecule has 1 aromatic heterocycles. The van der Waals surface area contributed by atoms with Crippen molar-refractivity contribution < 1.29 is 14.0 Å². The van der Waals surface area contributed by atoms with Gasteiger partial charge in [-0.05, 0) is 24.3 Å². The number of furan rings is 1. The maximum Gasteiger partial charge on any atom is 0.247 e. The maximum absolute atomic E-state index is 12.4. The minimum Gasteiger partial charge on any atom is -0.463 e. The Morgan fingerprint density at radius 1 is 1.25 bits per heavy atom. The van der Waals surface area contributed by atoms with Crippen LogP contribution in [0.2, 0.25) is 0 Å². The Kier molecular flexibility index (Phi) is 4.76. The van der Waals surface area contributed by atoms with Crippen LogP contribution in [0.3, 0.4) is 0 Å². The summed E-state index contributed by atoms with van der Waals surface area (Å²) in [7, 11) is 0. The monoisotopic (exact) mass is 342 g/mol. The summed E-state index contributed by atoms with van der Waals surface area (Å²) in [5.41, 5.74) is 6.33. The molecule has 1 aliphatic heterocycles. The van der Waals surface area contributed by atoms with Crippen LogP contribution in [0.4, 0.5) is 5.69 Å². The minimum atomic E-state index is -0.597. The van der Waals surface area contributed by atoms with Crippen molar-refractivity contribution in [3.63, 3.8) is 0 Å². The first kappa shape index (κ1) is 16.0. The standard InChI is InChI=1S/C16H14N4O3S/c17-16(19-18-10-12-7-4-8-23-12)24-13-9-14(21)20(15(13)22)11-5-2-1-3-6-11/h1-8,10,13H,9H2,(H2,17,19)/t13-/m1/s1. The fraction of sp³-hybridized carbons (Fsp3) is 0.125. The third-order valence-corrected chi connectivity index (χ3v) is 4.24. The van der Waals surface area contributed by atoms with Crippen molar-refractivity contribution in [3.05, 3.63) is 54.5 Å². The van der Waals surface area contributed by atoms with Gasteiger partial charge in [0.2, 0.25) is 11.8 Å². The van der Waals surface area contributed by atoms with Crippen LogP contribution >= 0.6 is 11.8 Å². The van der Waals surface area contributed by atoms with E-state index in [1.165, 1.54) is 17.4 Å². The van der Waals surface area contributed by atoms with Crippen molar-refractivity contribution in [2.24, 2.45) is 15.9 Å². The van der Waals surface area contributed by atoms with Gasteiger partial charge in [-0.1, -0.05) is 30.0 Å². The summed E-state index contributed by atoms with van der Waals surface area (Å²) >= 11 is 1.03. The van der Waals surface area contributed by atoms with Crippen molar-refractivity contribution >= 4 is 40.6 Å². The predicted molar refractivity (Wildman–Crippen MR) is 92.9 cm³/mol. The van der Waals surface area contributed by atoms with Gasteiger partial charge >= 0.3 is 0 Å². The van der Waals surface area contributed by atoms with Gasteiger partial charge in [-0.3, -0.25) is 9.59 Å². The van der Waals surface area contributed by atoms with Crippen molar-refractivity contribution in [3.8, 4) is 0 Å². The van der Waals surface area contributed by atoms with Crippen LogP contribution in [0.25, 0.3) is 0 Å². The van der Waals surface area contributed by atoms with Crippen LogP contribution < -0.4 is 10.6 Å². The van der Waals surface area contributed by atoms with Crippen LogP contribution in [-0.4, -0.2) is 28.4 Å². The molecule has 0 spiro atoms. The number of nitrogens with zero attached hydrogens (tertiary/aromatic N) is 3. The number of carbonyl (C=O) groups is 2.